The van der Waals surface area contributed by atoms with Gasteiger partial charge < -0.3 is 11.1 Å². The zero-order valence-electron chi connectivity index (χ0n) is 15.8. The lowest BCUT2D eigenvalue weighted by molar-refractivity contribution is 0.869. The van der Waals surface area contributed by atoms with E-state index >= 15 is 0 Å². The minimum absolute atomic E-state index is 0.367. The molecule has 0 fully saturated rings. The van der Waals surface area contributed by atoms with Crippen LogP contribution >= 0.6 is 0 Å². The summed E-state index contributed by atoms with van der Waals surface area (Å²) in [6, 6.07) is 7.90. The first-order valence-electron chi connectivity index (χ1n) is 8.88. The van der Waals surface area contributed by atoms with E-state index in [4.69, 9.17) is 12.2 Å². The van der Waals surface area contributed by atoms with Crippen LogP contribution in [0.1, 0.15) is 30.3 Å². The number of rotatable bonds is 8. The molecule has 0 aliphatic carbocycles. The van der Waals surface area contributed by atoms with Crippen molar-refractivity contribution in [2.75, 3.05) is 18.9 Å². The van der Waals surface area contributed by atoms with E-state index in [2.05, 4.69) is 33.1 Å². The minimum atomic E-state index is 0.367. The molecule has 5 heteroatoms. The second-order valence-corrected chi connectivity index (χ2v) is 5.95. The molecule has 2 aromatic rings. The summed E-state index contributed by atoms with van der Waals surface area (Å²) in [6.45, 7) is 2.48. The van der Waals surface area contributed by atoms with Gasteiger partial charge in [0.2, 0.25) is 0 Å². The molecule has 0 unspecified atom stereocenters. The summed E-state index contributed by atoms with van der Waals surface area (Å²) in [5, 5.41) is 3.08. The fourth-order valence-corrected chi connectivity index (χ4v) is 2.35. The molecule has 0 atom stereocenters. The van der Waals surface area contributed by atoms with Gasteiger partial charge in [-0.1, -0.05) is 31.4 Å². The number of allylic oxidation sites excluding steroid dienone is 3. The lowest BCUT2D eigenvalue weighted by Crippen LogP contribution is -2.01. The number of terminal acetylenes is 1. The maximum absolute atomic E-state index is 6.02. The normalized spacial score (nSPS) is 12.2. The summed E-state index contributed by atoms with van der Waals surface area (Å²) in [6.07, 6.45) is 16.4. The van der Waals surface area contributed by atoms with Gasteiger partial charge in [-0.15, -0.1) is 6.42 Å². The Kier molecular flexibility index (Phi) is 7.80. The molecule has 5 nitrogen and oxygen atoms in total. The summed E-state index contributed by atoms with van der Waals surface area (Å²) in [5.74, 6) is 2.69. The third-order valence-electron chi connectivity index (χ3n) is 3.83. The molecule has 0 bridgehead atoms. The highest BCUT2D eigenvalue weighted by atomic mass is 14.8. The molecule has 0 saturated carbocycles. The highest BCUT2D eigenvalue weighted by Gasteiger charge is 1.98. The summed E-state index contributed by atoms with van der Waals surface area (Å²) in [5.41, 5.74) is 11.1. The monoisotopic (exact) mass is 359 g/mol. The zero-order valence-corrected chi connectivity index (χ0v) is 15.8. The van der Waals surface area contributed by atoms with Crippen LogP contribution < -0.4 is 11.1 Å². The number of anilines is 1. The highest BCUT2D eigenvalue weighted by Crippen LogP contribution is 2.17. The Morgan fingerprint density at radius 1 is 1.22 bits per heavy atom. The number of hydrogen-bond acceptors (Lipinski definition) is 5. The van der Waals surface area contributed by atoms with Crippen molar-refractivity contribution < 1.29 is 0 Å². The van der Waals surface area contributed by atoms with Gasteiger partial charge in [0.1, 0.15) is 0 Å². The molecule has 0 radical (unpaired) electrons. The van der Waals surface area contributed by atoms with Gasteiger partial charge in [-0.2, -0.15) is 0 Å². The number of benzene rings is 1. The van der Waals surface area contributed by atoms with Crippen molar-refractivity contribution >= 4 is 17.5 Å². The molecule has 0 saturated heterocycles. The number of nitrogens with one attached hydrogen (secondary N) is 1. The predicted molar refractivity (Wildman–Crippen MR) is 114 cm³/mol. The second-order valence-electron chi connectivity index (χ2n) is 5.95. The first kappa shape index (κ1) is 19.9. The summed E-state index contributed by atoms with van der Waals surface area (Å²) in [4.78, 5) is 13.0. The largest absolute Gasteiger partial charge is 0.401 e. The lowest BCUT2D eigenvalue weighted by Gasteiger charge is -2.03. The Morgan fingerprint density at radius 2 is 2.00 bits per heavy atom. The Bertz CT molecular complexity index is 853. The third-order valence-corrected chi connectivity index (χ3v) is 3.83. The number of aliphatic imine (C=N–C) groups is 1. The van der Waals surface area contributed by atoms with Crippen LogP contribution in [0.5, 0.6) is 0 Å². The summed E-state index contributed by atoms with van der Waals surface area (Å²) >= 11 is 0. The summed E-state index contributed by atoms with van der Waals surface area (Å²) in [7, 11) is 1.88. The first-order chi connectivity index (χ1) is 13.2. The van der Waals surface area contributed by atoms with E-state index in [0.29, 0.717) is 17.9 Å². The summed E-state index contributed by atoms with van der Waals surface area (Å²) < 4.78 is 0. The molecular formula is C22H25N5. The molecule has 3 N–H and O–H groups in total. The second kappa shape index (κ2) is 10.6. The van der Waals surface area contributed by atoms with Gasteiger partial charge in [0.15, 0.2) is 0 Å². The molecule has 1 heterocycles. The molecule has 0 amide bonds. The molecular weight excluding hydrogens is 334 g/mol. The maximum atomic E-state index is 6.02. The van der Waals surface area contributed by atoms with Gasteiger partial charge in [-0.3, -0.25) is 15.0 Å². The molecule has 0 aliphatic heterocycles. The average molecular weight is 359 g/mol. The van der Waals surface area contributed by atoms with E-state index in [9.17, 15) is 0 Å². The molecule has 27 heavy (non-hydrogen) atoms. The Morgan fingerprint density at radius 3 is 2.59 bits per heavy atom. The number of nitrogens with zero attached hydrogens (tertiary/aromatic N) is 3. The van der Waals surface area contributed by atoms with E-state index in [-0.39, 0.29) is 0 Å². The van der Waals surface area contributed by atoms with Gasteiger partial charge in [-0.05, 0) is 36.3 Å². The molecule has 1 aromatic heterocycles. The molecule has 138 valence electrons. The van der Waals surface area contributed by atoms with Crippen LogP contribution in [0.25, 0.3) is 5.57 Å². The van der Waals surface area contributed by atoms with Crippen LogP contribution in [0.4, 0.5) is 5.69 Å². The quantitative estimate of drug-likeness (QED) is 0.430. The van der Waals surface area contributed by atoms with E-state index in [0.717, 1.165) is 35.4 Å². The van der Waals surface area contributed by atoms with Gasteiger partial charge >= 0.3 is 0 Å². The van der Waals surface area contributed by atoms with Crippen LogP contribution in [0.3, 0.4) is 0 Å². The molecule has 0 aliphatic rings. The van der Waals surface area contributed by atoms with Crippen molar-refractivity contribution in [2.45, 2.75) is 19.8 Å². The Balaban J connectivity index is 1.98. The Hall–Kier alpha value is -3.39. The standard InChI is InChI=1S/C22H25N5/c1-4-6-21-15-27-22(16-26-21)14-25-13-19(23)10-7-17(5-2)18-8-11-20(24-3)12-9-18/h2,7-12,14-16,24H,4,6,13,23H2,1,3H3/b17-7+,19-10+,25-14?. The zero-order chi connectivity index (χ0) is 19.5. The topological polar surface area (TPSA) is 76.2 Å². The van der Waals surface area contributed by atoms with Crippen LogP contribution in [-0.4, -0.2) is 29.8 Å². The van der Waals surface area contributed by atoms with Crippen molar-refractivity contribution in [1.29, 1.82) is 0 Å². The van der Waals surface area contributed by atoms with Crippen molar-refractivity contribution in [2.24, 2.45) is 10.7 Å². The molecule has 1 aromatic carbocycles. The van der Waals surface area contributed by atoms with Crippen LogP contribution in [0.15, 0.2) is 59.5 Å². The van der Waals surface area contributed by atoms with Gasteiger partial charge in [0.25, 0.3) is 0 Å². The number of aromatic nitrogens is 2. The fraction of sp³-hybridized carbons (Fsp3) is 0.227. The van der Waals surface area contributed by atoms with Crippen LogP contribution in [0.2, 0.25) is 0 Å². The number of nitrogens with two attached hydrogens (primary N) is 1. The van der Waals surface area contributed by atoms with Crippen LogP contribution in [0, 0.1) is 12.3 Å². The SMILES string of the molecule is C#C/C(=C\C=C(\N)CN=Cc1cnc(CCC)cn1)c1ccc(NC)cc1. The van der Waals surface area contributed by atoms with Gasteiger partial charge in [-0.25, -0.2) is 0 Å². The number of hydrogen-bond donors (Lipinski definition) is 2. The van der Waals surface area contributed by atoms with Crippen molar-refractivity contribution in [1.82, 2.24) is 9.97 Å². The van der Waals surface area contributed by atoms with Crippen molar-refractivity contribution in [3.05, 3.63) is 71.5 Å². The number of aryl methyl sites for hydroxylation is 1. The highest BCUT2D eigenvalue weighted by molar-refractivity contribution is 5.80. The van der Waals surface area contributed by atoms with Gasteiger partial charge in [0, 0.05) is 36.4 Å². The van der Waals surface area contributed by atoms with E-state index < -0.39 is 0 Å². The van der Waals surface area contributed by atoms with E-state index in [1.807, 2.05) is 37.4 Å². The smallest absolute Gasteiger partial charge is 0.0991 e. The molecule has 2 rings (SSSR count). The fourth-order valence-electron chi connectivity index (χ4n) is 2.35. The minimum Gasteiger partial charge on any atom is -0.401 e. The molecule has 0 spiro atoms. The maximum Gasteiger partial charge on any atom is 0.0991 e. The first-order valence-corrected chi connectivity index (χ1v) is 8.88. The van der Waals surface area contributed by atoms with E-state index in [1.54, 1.807) is 24.7 Å². The van der Waals surface area contributed by atoms with Crippen molar-refractivity contribution in [3.63, 3.8) is 0 Å². The van der Waals surface area contributed by atoms with E-state index in [1.165, 1.54) is 0 Å². The van der Waals surface area contributed by atoms with Crippen LogP contribution in [-0.2, 0) is 6.42 Å². The van der Waals surface area contributed by atoms with Crippen molar-refractivity contribution in [3.8, 4) is 12.3 Å². The third kappa shape index (κ3) is 6.44. The average Bonchev–Trinajstić information content (AvgIpc) is 2.70. The predicted octanol–water partition coefficient (Wildman–Crippen LogP) is 3.45. The lowest BCUT2D eigenvalue weighted by atomic mass is 10.1. The van der Waals surface area contributed by atoms with Gasteiger partial charge in [0.05, 0.1) is 24.1 Å². The Labute approximate surface area is 161 Å².